The summed E-state index contributed by atoms with van der Waals surface area (Å²) in [7, 11) is 1.97. The van der Waals surface area contributed by atoms with E-state index >= 15 is 0 Å². The van der Waals surface area contributed by atoms with Crippen molar-refractivity contribution in [3.63, 3.8) is 0 Å². The maximum atomic E-state index is 4.18. The molecule has 2 rings (SSSR count). The topological polar surface area (TPSA) is 29.9 Å². The molecule has 0 unspecified atom stereocenters. The molecule has 84 valence electrons. The van der Waals surface area contributed by atoms with E-state index in [1.54, 1.807) is 0 Å². The fourth-order valence-electron chi connectivity index (χ4n) is 2.43. The molecule has 3 nitrogen and oxygen atoms in total. The highest BCUT2D eigenvalue weighted by Gasteiger charge is 2.20. The second kappa shape index (κ2) is 4.79. The zero-order valence-corrected chi connectivity index (χ0v) is 9.74. The molecule has 0 aromatic carbocycles. The molecule has 3 heteroatoms. The van der Waals surface area contributed by atoms with Crippen LogP contribution in [0.1, 0.15) is 38.2 Å². The monoisotopic (exact) mass is 207 g/mol. The van der Waals surface area contributed by atoms with Gasteiger partial charge in [0.05, 0.1) is 6.20 Å². The van der Waals surface area contributed by atoms with Crippen LogP contribution in [-0.4, -0.2) is 15.8 Å². The van der Waals surface area contributed by atoms with Crippen molar-refractivity contribution in [3.8, 4) is 0 Å². The van der Waals surface area contributed by atoms with Crippen LogP contribution in [-0.2, 0) is 13.6 Å². The molecule has 0 saturated heterocycles. The van der Waals surface area contributed by atoms with Crippen LogP contribution in [0.5, 0.6) is 0 Å². The largest absolute Gasteiger partial charge is 0.310 e. The molecule has 2 atom stereocenters. The Balaban J connectivity index is 1.81. The van der Waals surface area contributed by atoms with Crippen LogP contribution in [0.25, 0.3) is 0 Å². The average molecular weight is 207 g/mol. The van der Waals surface area contributed by atoms with E-state index in [0.717, 1.165) is 12.5 Å². The normalized spacial score (nSPS) is 26.8. The van der Waals surface area contributed by atoms with E-state index in [4.69, 9.17) is 0 Å². The maximum absolute atomic E-state index is 4.18. The maximum Gasteiger partial charge on any atom is 0.0534 e. The van der Waals surface area contributed by atoms with Gasteiger partial charge in [-0.2, -0.15) is 5.10 Å². The highest BCUT2D eigenvalue weighted by atomic mass is 15.2. The number of aromatic nitrogens is 2. The summed E-state index contributed by atoms with van der Waals surface area (Å²) in [4.78, 5) is 0. The molecule has 0 spiro atoms. The third-order valence-corrected chi connectivity index (χ3v) is 3.44. The molecule has 1 N–H and O–H groups in total. The lowest BCUT2D eigenvalue weighted by Gasteiger charge is -2.29. The minimum absolute atomic E-state index is 0.707. The average Bonchev–Trinajstić information content (AvgIpc) is 2.63. The summed E-state index contributed by atoms with van der Waals surface area (Å²) in [5.41, 5.74) is 1.29. The van der Waals surface area contributed by atoms with Crippen molar-refractivity contribution in [1.82, 2.24) is 15.1 Å². The van der Waals surface area contributed by atoms with Gasteiger partial charge in [-0.1, -0.05) is 19.8 Å². The Bertz CT molecular complexity index is 306. The van der Waals surface area contributed by atoms with Crippen molar-refractivity contribution in [2.45, 2.75) is 45.2 Å². The lowest BCUT2D eigenvalue weighted by Crippen LogP contribution is -2.36. The van der Waals surface area contributed by atoms with E-state index < -0.39 is 0 Å². The molecular weight excluding hydrogens is 186 g/mol. The first-order chi connectivity index (χ1) is 7.25. The Labute approximate surface area is 91.9 Å². The smallest absolute Gasteiger partial charge is 0.0534 e. The molecule has 1 aliphatic carbocycles. The highest BCUT2D eigenvalue weighted by molar-refractivity contribution is 5.03. The van der Waals surface area contributed by atoms with Crippen LogP contribution in [0.3, 0.4) is 0 Å². The third kappa shape index (κ3) is 2.81. The van der Waals surface area contributed by atoms with E-state index in [0.29, 0.717) is 6.04 Å². The Morgan fingerprint density at radius 1 is 1.47 bits per heavy atom. The first-order valence-electron chi connectivity index (χ1n) is 5.96. The second-order valence-electron chi connectivity index (χ2n) is 4.77. The van der Waals surface area contributed by atoms with Crippen LogP contribution < -0.4 is 5.32 Å². The summed E-state index contributed by atoms with van der Waals surface area (Å²) in [5.74, 6) is 0.829. The van der Waals surface area contributed by atoms with Gasteiger partial charge in [-0.3, -0.25) is 4.68 Å². The van der Waals surface area contributed by atoms with Gasteiger partial charge in [0.15, 0.2) is 0 Å². The molecule has 15 heavy (non-hydrogen) atoms. The van der Waals surface area contributed by atoms with Crippen molar-refractivity contribution < 1.29 is 0 Å². The predicted molar refractivity (Wildman–Crippen MR) is 61.5 cm³/mol. The van der Waals surface area contributed by atoms with Gasteiger partial charge >= 0.3 is 0 Å². The minimum Gasteiger partial charge on any atom is -0.310 e. The number of hydrogen-bond donors (Lipinski definition) is 1. The lowest BCUT2D eigenvalue weighted by atomic mass is 9.86. The van der Waals surface area contributed by atoms with E-state index in [-0.39, 0.29) is 0 Å². The van der Waals surface area contributed by atoms with E-state index in [1.165, 1.54) is 31.2 Å². The van der Waals surface area contributed by atoms with Crippen LogP contribution >= 0.6 is 0 Å². The van der Waals surface area contributed by atoms with Gasteiger partial charge in [0.25, 0.3) is 0 Å². The fourth-order valence-corrected chi connectivity index (χ4v) is 2.43. The van der Waals surface area contributed by atoms with Crippen molar-refractivity contribution in [2.24, 2.45) is 13.0 Å². The van der Waals surface area contributed by atoms with E-state index in [1.807, 2.05) is 17.9 Å². The van der Waals surface area contributed by atoms with Crippen molar-refractivity contribution in [1.29, 1.82) is 0 Å². The Hall–Kier alpha value is -0.830. The van der Waals surface area contributed by atoms with Crippen molar-refractivity contribution in [2.75, 3.05) is 0 Å². The van der Waals surface area contributed by atoms with E-state index in [2.05, 4.69) is 23.5 Å². The van der Waals surface area contributed by atoms with Gasteiger partial charge in [-0.25, -0.2) is 0 Å². The first-order valence-corrected chi connectivity index (χ1v) is 5.96. The minimum atomic E-state index is 0.707. The van der Waals surface area contributed by atoms with Gasteiger partial charge in [0.2, 0.25) is 0 Å². The van der Waals surface area contributed by atoms with Crippen LogP contribution in [0.2, 0.25) is 0 Å². The summed E-state index contributed by atoms with van der Waals surface area (Å²) in [6.07, 6.45) is 9.54. The zero-order valence-electron chi connectivity index (χ0n) is 9.74. The van der Waals surface area contributed by atoms with E-state index in [9.17, 15) is 0 Å². The fraction of sp³-hybridized carbons (Fsp3) is 0.750. The molecule has 1 heterocycles. The highest BCUT2D eigenvalue weighted by Crippen LogP contribution is 2.23. The standard InChI is InChI=1S/C12H21N3/c1-10-5-3-4-6-12(10)13-7-11-8-14-15(2)9-11/h8-10,12-13H,3-7H2,1-2H3/t10-,12-/m0/s1. The Morgan fingerprint density at radius 2 is 2.27 bits per heavy atom. The third-order valence-electron chi connectivity index (χ3n) is 3.44. The molecule has 1 aromatic heterocycles. The second-order valence-corrected chi connectivity index (χ2v) is 4.77. The van der Waals surface area contributed by atoms with Crippen LogP contribution in [0.15, 0.2) is 12.4 Å². The van der Waals surface area contributed by atoms with Crippen molar-refractivity contribution in [3.05, 3.63) is 18.0 Å². The molecule has 0 amide bonds. The van der Waals surface area contributed by atoms with Crippen molar-refractivity contribution >= 4 is 0 Å². The molecule has 0 radical (unpaired) electrons. The summed E-state index contributed by atoms with van der Waals surface area (Å²) >= 11 is 0. The number of nitrogens with zero attached hydrogens (tertiary/aromatic N) is 2. The quantitative estimate of drug-likeness (QED) is 0.822. The summed E-state index contributed by atoms with van der Waals surface area (Å²) < 4.78 is 1.86. The summed E-state index contributed by atoms with van der Waals surface area (Å²) in [6.45, 7) is 3.32. The van der Waals surface area contributed by atoms with Crippen LogP contribution in [0, 0.1) is 5.92 Å². The number of rotatable bonds is 3. The number of aryl methyl sites for hydroxylation is 1. The van der Waals surface area contributed by atoms with Gasteiger partial charge in [0.1, 0.15) is 0 Å². The molecule has 1 aliphatic rings. The van der Waals surface area contributed by atoms with Gasteiger partial charge in [-0.05, 0) is 18.8 Å². The first kappa shape index (κ1) is 10.7. The summed E-state index contributed by atoms with van der Waals surface area (Å²) in [5, 5.41) is 7.82. The SMILES string of the molecule is C[C@H]1CCCC[C@@H]1NCc1cnn(C)c1. The molecule has 0 aliphatic heterocycles. The lowest BCUT2D eigenvalue weighted by molar-refractivity contribution is 0.279. The van der Waals surface area contributed by atoms with Crippen LogP contribution in [0.4, 0.5) is 0 Å². The molecule has 1 aromatic rings. The molecule has 1 saturated carbocycles. The Morgan fingerprint density at radius 3 is 2.93 bits per heavy atom. The Kier molecular flexibility index (Phi) is 3.41. The summed E-state index contributed by atoms with van der Waals surface area (Å²) in [6, 6.07) is 0.707. The van der Waals surface area contributed by atoms with Gasteiger partial charge < -0.3 is 5.32 Å². The predicted octanol–water partition coefficient (Wildman–Crippen LogP) is 2.09. The van der Waals surface area contributed by atoms with Gasteiger partial charge in [0, 0.05) is 31.4 Å². The number of hydrogen-bond acceptors (Lipinski definition) is 2. The number of nitrogens with one attached hydrogen (secondary N) is 1. The van der Waals surface area contributed by atoms with Gasteiger partial charge in [-0.15, -0.1) is 0 Å². The molecular formula is C12H21N3. The zero-order chi connectivity index (χ0) is 10.7. The molecule has 0 bridgehead atoms. The molecule has 1 fully saturated rings.